The van der Waals surface area contributed by atoms with Crippen LogP contribution in [-0.2, 0) is 16.1 Å². The Balaban J connectivity index is 1.59. The molecule has 1 aromatic carbocycles. The first-order valence-electron chi connectivity index (χ1n) is 8.98. The van der Waals surface area contributed by atoms with Gasteiger partial charge in [-0.2, -0.15) is 0 Å². The molecule has 1 aliphatic rings. The van der Waals surface area contributed by atoms with Crippen molar-refractivity contribution in [2.75, 3.05) is 20.1 Å². The Morgan fingerprint density at radius 2 is 2.12 bits per heavy atom. The number of hydrogen-bond acceptors (Lipinski definition) is 3. The first-order valence-corrected chi connectivity index (χ1v) is 8.98. The lowest BCUT2D eigenvalue weighted by molar-refractivity contribution is -0.133. The number of carbonyl (C=O) groups excluding carboxylic acids is 2. The zero-order valence-electron chi connectivity index (χ0n) is 14.8. The summed E-state index contributed by atoms with van der Waals surface area (Å²) >= 11 is 0. The van der Waals surface area contributed by atoms with Gasteiger partial charge in [-0.25, -0.2) is 0 Å². The van der Waals surface area contributed by atoms with Gasteiger partial charge >= 0.3 is 0 Å². The van der Waals surface area contributed by atoms with Crippen molar-refractivity contribution in [1.82, 2.24) is 14.8 Å². The molecule has 3 rings (SSSR count). The summed E-state index contributed by atoms with van der Waals surface area (Å²) in [6.45, 7) is 1.88. The molecule has 0 bridgehead atoms. The van der Waals surface area contributed by atoms with Crippen LogP contribution in [0.2, 0.25) is 0 Å². The Morgan fingerprint density at radius 1 is 1.24 bits per heavy atom. The van der Waals surface area contributed by atoms with E-state index in [9.17, 15) is 9.59 Å². The van der Waals surface area contributed by atoms with Crippen molar-refractivity contribution in [3.63, 3.8) is 0 Å². The Morgan fingerprint density at radius 3 is 3.00 bits per heavy atom. The van der Waals surface area contributed by atoms with Crippen LogP contribution in [0, 0.1) is 0 Å². The lowest BCUT2D eigenvalue weighted by Gasteiger charge is -2.23. The minimum atomic E-state index is 0.0723. The van der Waals surface area contributed by atoms with Gasteiger partial charge in [-0.1, -0.05) is 24.6 Å². The van der Waals surface area contributed by atoms with Gasteiger partial charge in [0, 0.05) is 57.3 Å². The Bertz CT molecular complexity index is 754. The van der Waals surface area contributed by atoms with E-state index in [4.69, 9.17) is 0 Å². The standard InChI is InChI=1S/C20H25N3O2/c1-22(15-17-7-5-6-16-14-21-11-9-18(16)17)19(24)10-13-23-12-4-2-3-8-20(23)25/h5-7,9,11,14H,2-4,8,10,12-13,15H2,1H3. The van der Waals surface area contributed by atoms with Crippen molar-refractivity contribution in [2.45, 2.75) is 38.6 Å². The summed E-state index contributed by atoms with van der Waals surface area (Å²) in [6, 6.07) is 8.05. The summed E-state index contributed by atoms with van der Waals surface area (Å²) in [5.74, 6) is 0.262. The smallest absolute Gasteiger partial charge is 0.224 e. The van der Waals surface area contributed by atoms with Crippen LogP contribution in [0.5, 0.6) is 0 Å². The molecule has 0 atom stereocenters. The molecule has 0 unspecified atom stereocenters. The van der Waals surface area contributed by atoms with Crippen LogP contribution < -0.4 is 0 Å². The van der Waals surface area contributed by atoms with Crippen molar-refractivity contribution in [3.8, 4) is 0 Å². The topological polar surface area (TPSA) is 53.5 Å². The maximum absolute atomic E-state index is 12.5. The molecule has 0 saturated carbocycles. The first kappa shape index (κ1) is 17.4. The van der Waals surface area contributed by atoms with E-state index in [0.29, 0.717) is 25.9 Å². The number of pyridine rings is 1. The zero-order valence-corrected chi connectivity index (χ0v) is 14.8. The lowest BCUT2D eigenvalue weighted by Crippen LogP contribution is -2.35. The highest BCUT2D eigenvalue weighted by Crippen LogP contribution is 2.19. The van der Waals surface area contributed by atoms with Crippen molar-refractivity contribution >= 4 is 22.6 Å². The number of hydrogen-bond donors (Lipinski definition) is 0. The van der Waals surface area contributed by atoms with Crippen LogP contribution in [0.4, 0.5) is 0 Å². The van der Waals surface area contributed by atoms with E-state index >= 15 is 0 Å². The van der Waals surface area contributed by atoms with Crippen molar-refractivity contribution in [2.24, 2.45) is 0 Å². The number of fused-ring (bicyclic) bond motifs is 1. The van der Waals surface area contributed by atoms with E-state index < -0.39 is 0 Å². The van der Waals surface area contributed by atoms with Crippen LogP contribution >= 0.6 is 0 Å². The van der Waals surface area contributed by atoms with Gasteiger partial charge < -0.3 is 9.80 Å². The minimum absolute atomic E-state index is 0.0723. The Kier molecular flexibility index (Phi) is 5.64. The van der Waals surface area contributed by atoms with E-state index in [-0.39, 0.29) is 11.8 Å². The second-order valence-corrected chi connectivity index (χ2v) is 6.71. The van der Waals surface area contributed by atoms with Gasteiger partial charge in [0.2, 0.25) is 11.8 Å². The van der Waals surface area contributed by atoms with Gasteiger partial charge in [-0.15, -0.1) is 0 Å². The number of aromatic nitrogens is 1. The molecule has 0 aliphatic carbocycles. The molecule has 25 heavy (non-hydrogen) atoms. The second-order valence-electron chi connectivity index (χ2n) is 6.71. The third kappa shape index (κ3) is 4.35. The number of rotatable bonds is 5. The van der Waals surface area contributed by atoms with Crippen LogP contribution in [0.15, 0.2) is 36.7 Å². The summed E-state index contributed by atoms with van der Waals surface area (Å²) < 4.78 is 0. The number of carbonyl (C=O) groups is 2. The monoisotopic (exact) mass is 339 g/mol. The van der Waals surface area contributed by atoms with Crippen LogP contribution in [-0.4, -0.2) is 46.7 Å². The van der Waals surface area contributed by atoms with Gasteiger partial charge in [0.05, 0.1) is 0 Å². The predicted octanol–water partition coefficient (Wildman–Crippen LogP) is 2.99. The molecule has 2 amide bonds. The molecular weight excluding hydrogens is 314 g/mol. The molecule has 1 fully saturated rings. The number of benzene rings is 1. The van der Waals surface area contributed by atoms with Gasteiger partial charge in [0.15, 0.2) is 0 Å². The van der Waals surface area contributed by atoms with E-state index in [1.165, 1.54) is 0 Å². The average molecular weight is 339 g/mol. The highest BCUT2D eigenvalue weighted by molar-refractivity contribution is 5.85. The molecule has 2 aromatic rings. The fourth-order valence-corrected chi connectivity index (χ4v) is 3.37. The lowest BCUT2D eigenvalue weighted by atomic mass is 10.1. The second kappa shape index (κ2) is 8.10. The summed E-state index contributed by atoms with van der Waals surface area (Å²) in [5, 5.41) is 2.20. The van der Waals surface area contributed by atoms with Crippen molar-refractivity contribution in [1.29, 1.82) is 0 Å². The maximum atomic E-state index is 12.5. The minimum Gasteiger partial charge on any atom is -0.342 e. The quantitative estimate of drug-likeness (QED) is 0.841. The molecule has 1 aromatic heterocycles. The van der Waals surface area contributed by atoms with Gasteiger partial charge in [0.1, 0.15) is 0 Å². The number of likely N-dealkylation sites (tertiary alicyclic amines) is 1. The van der Waals surface area contributed by atoms with E-state index in [1.807, 2.05) is 42.4 Å². The summed E-state index contributed by atoms with van der Waals surface area (Å²) in [7, 11) is 1.83. The van der Waals surface area contributed by atoms with Gasteiger partial charge in [-0.05, 0) is 29.9 Å². The molecule has 1 saturated heterocycles. The first-order chi connectivity index (χ1) is 12.1. The highest BCUT2D eigenvalue weighted by atomic mass is 16.2. The molecule has 5 nitrogen and oxygen atoms in total. The van der Waals surface area contributed by atoms with Crippen molar-refractivity contribution < 1.29 is 9.59 Å². The van der Waals surface area contributed by atoms with Crippen LogP contribution in [0.1, 0.15) is 37.7 Å². The zero-order chi connectivity index (χ0) is 17.6. The fraction of sp³-hybridized carbons (Fsp3) is 0.450. The van der Waals surface area contributed by atoms with Crippen LogP contribution in [0.3, 0.4) is 0 Å². The van der Waals surface area contributed by atoms with E-state index in [0.717, 1.165) is 42.1 Å². The molecule has 1 aliphatic heterocycles. The van der Waals surface area contributed by atoms with E-state index in [1.54, 1.807) is 11.1 Å². The third-order valence-electron chi connectivity index (χ3n) is 4.87. The predicted molar refractivity (Wildman–Crippen MR) is 97.9 cm³/mol. The number of nitrogens with zero attached hydrogens (tertiary/aromatic N) is 3. The molecular formula is C20H25N3O2. The largest absolute Gasteiger partial charge is 0.342 e. The van der Waals surface area contributed by atoms with Gasteiger partial charge in [-0.3, -0.25) is 14.6 Å². The molecule has 0 spiro atoms. The van der Waals surface area contributed by atoms with Crippen LogP contribution in [0.25, 0.3) is 10.8 Å². The molecule has 0 radical (unpaired) electrons. The number of amides is 2. The average Bonchev–Trinajstić information content (AvgIpc) is 2.84. The normalized spacial score (nSPS) is 15.2. The molecule has 2 heterocycles. The Hall–Kier alpha value is -2.43. The summed E-state index contributed by atoms with van der Waals surface area (Å²) in [4.78, 5) is 32.3. The highest BCUT2D eigenvalue weighted by Gasteiger charge is 2.18. The third-order valence-corrected chi connectivity index (χ3v) is 4.87. The molecule has 0 N–H and O–H groups in total. The summed E-state index contributed by atoms with van der Waals surface area (Å²) in [5.41, 5.74) is 1.11. The summed E-state index contributed by atoms with van der Waals surface area (Å²) in [6.07, 6.45) is 7.73. The van der Waals surface area contributed by atoms with Gasteiger partial charge in [0.25, 0.3) is 0 Å². The molecule has 132 valence electrons. The van der Waals surface area contributed by atoms with Crippen molar-refractivity contribution in [3.05, 3.63) is 42.2 Å². The van der Waals surface area contributed by atoms with E-state index in [2.05, 4.69) is 4.98 Å². The fourth-order valence-electron chi connectivity index (χ4n) is 3.37. The SMILES string of the molecule is CN(Cc1cccc2cnccc12)C(=O)CCN1CCCCCC1=O. The Labute approximate surface area is 148 Å². The maximum Gasteiger partial charge on any atom is 0.224 e. The molecule has 5 heteroatoms.